The second-order valence-electron chi connectivity index (χ2n) is 5.59. The Bertz CT molecular complexity index is 442. The summed E-state index contributed by atoms with van der Waals surface area (Å²) in [5.41, 5.74) is 0.915. The first kappa shape index (κ1) is 13.8. The zero-order valence-electron chi connectivity index (χ0n) is 11.0. The molecule has 1 atom stereocenters. The molecule has 104 valence electrons. The maximum absolute atomic E-state index is 14.2. The first-order chi connectivity index (χ1) is 9.25. The third-order valence-corrected chi connectivity index (χ3v) is 5.09. The lowest BCUT2D eigenvalue weighted by atomic mass is 9.76. The maximum atomic E-state index is 14.2. The molecule has 3 rings (SSSR count). The summed E-state index contributed by atoms with van der Waals surface area (Å²) in [6, 6.07) is 5.81. The number of nitrogens with zero attached hydrogens (tertiary/aromatic N) is 1. The van der Waals surface area contributed by atoms with Crippen LogP contribution in [0.2, 0.25) is 0 Å². The van der Waals surface area contributed by atoms with Crippen LogP contribution in [0, 0.1) is 15.3 Å². The molecule has 1 heterocycles. The molecule has 1 aliphatic heterocycles. The van der Waals surface area contributed by atoms with E-state index in [4.69, 9.17) is 0 Å². The molecule has 0 unspecified atom stereocenters. The fourth-order valence-electron chi connectivity index (χ4n) is 3.21. The highest BCUT2D eigenvalue weighted by molar-refractivity contribution is 14.1. The minimum Gasteiger partial charge on any atom is -0.314 e. The Kier molecular flexibility index (Phi) is 4.39. The number of hydrogen-bond donors (Lipinski definition) is 1. The molecular formula is C15H20FIN2. The molecular weight excluding hydrogens is 354 g/mol. The van der Waals surface area contributed by atoms with Crippen LogP contribution in [0.3, 0.4) is 0 Å². The molecule has 19 heavy (non-hydrogen) atoms. The van der Waals surface area contributed by atoms with Crippen molar-refractivity contribution >= 4 is 22.6 Å². The molecule has 1 aliphatic carbocycles. The van der Waals surface area contributed by atoms with Crippen LogP contribution in [0.25, 0.3) is 0 Å². The summed E-state index contributed by atoms with van der Waals surface area (Å²) in [4.78, 5) is 2.48. The van der Waals surface area contributed by atoms with Gasteiger partial charge in [-0.1, -0.05) is 6.42 Å². The van der Waals surface area contributed by atoms with Crippen LogP contribution in [-0.2, 0) is 0 Å². The predicted molar refractivity (Wildman–Crippen MR) is 83.6 cm³/mol. The third-order valence-electron chi connectivity index (χ3n) is 4.42. The Morgan fingerprint density at radius 1 is 1.26 bits per heavy atom. The zero-order valence-corrected chi connectivity index (χ0v) is 13.2. The molecule has 1 aromatic carbocycles. The minimum absolute atomic E-state index is 0.0316. The third kappa shape index (κ3) is 2.95. The fraction of sp³-hybridized carbons (Fsp3) is 0.600. The highest BCUT2D eigenvalue weighted by atomic mass is 127. The van der Waals surface area contributed by atoms with Gasteiger partial charge in [0.1, 0.15) is 5.82 Å². The van der Waals surface area contributed by atoms with E-state index in [0.29, 0.717) is 5.92 Å². The van der Waals surface area contributed by atoms with Crippen molar-refractivity contribution in [2.45, 2.75) is 25.3 Å². The van der Waals surface area contributed by atoms with Crippen LogP contribution in [0.15, 0.2) is 18.2 Å². The number of nitrogens with one attached hydrogen (secondary N) is 1. The number of hydrogen-bond acceptors (Lipinski definition) is 2. The van der Waals surface area contributed by atoms with Crippen molar-refractivity contribution in [1.82, 2.24) is 10.2 Å². The SMILES string of the molecule is Fc1ccc(I)cc1[C@@H](C1CCC1)N1CCNCC1. The normalized spacial score (nSPS) is 23.1. The molecule has 2 aliphatic rings. The average Bonchev–Trinajstić information content (AvgIpc) is 2.38. The molecule has 1 N–H and O–H groups in total. The van der Waals surface area contributed by atoms with E-state index in [0.717, 1.165) is 35.3 Å². The maximum Gasteiger partial charge on any atom is 0.128 e. The molecule has 0 radical (unpaired) electrons. The van der Waals surface area contributed by atoms with Gasteiger partial charge in [0.25, 0.3) is 0 Å². The van der Waals surface area contributed by atoms with E-state index in [1.165, 1.54) is 19.3 Å². The van der Waals surface area contributed by atoms with Gasteiger partial charge < -0.3 is 5.32 Å². The van der Waals surface area contributed by atoms with Crippen molar-refractivity contribution in [2.24, 2.45) is 5.92 Å². The standard InChI is InChI=1S/C15H20FIN2/c16-14-5-4-12(17)10-13(14)15(11-2-1-3-11)19-8-6-18-7-9-19/h4-5,10-11,15,18H,1-3,6-9H2/t15-/m1/s1. The quantitative estimate of drug-likeness (QED) is 0.818. The fourth-order valence-corrected chi connectivity index (χ4v) is 3.72. The first-order valence-electron chi connectivity index (χ1n) is 7.15. The molecule has 2 fully saturated rings. The van der Waals surface area contributed by atoms with E-state index >= 15 is 0 Å². The summed E-state index contributed by atoms with van der Waals surface area (Å²) in [6.07, 6.45) is 3.80. The molecule has 1 saturated heterocycles. The Labute approximate surface area is 127 Å². The van der Waals surface area contributed by atoms with E-state index in [1.807, 2.05) is 12.1 Å². The number of piperazine rings is 1. The zero-order chi connectivity index (χ0) is 13.2. The summed E-state index contributed by atoms with van der Waals surface area (Å²) in [5, 5.41) is 3.39. The van der Waals surface area contributed by atoms with Gasteiger partial charge in [-0.05, 0) is 59.5 Å². The summed E-state index contributed by atoms with van der Waals surface area (Å²) in [7, 11) is 0. The Hall–Kier alpha value is -0.200. The van der Waals surface area contributed by atoms with Gasteiger partial charge in [-0.2, -0.15) is 0 Å². The van der Waals surface area contributed by atoms with E-state index in [-0.39, 0.29) is 11.9 Å². The molecule has 1 saturated carbocycles. The van der Waals surface area contributed by atoms with Crippen LogP contribution >= 0.6 is 22.6 Å². The van der Waals surface area contributed by atoms with Gasteiger partial charge in [0, 0.05) is 41.4 Å². The molecule has 4 heteroatoms. The topological polar surface area (TPSA) is 15.3 Å². The van der Waals surface area contributed by atoms with Crippen molar-refractivity contribution in [1.29, 1.82) is 0 Å². The van der Waals surface area contributed by atoms with Crippen molar-refractivity contribution in [3.63, 3.8) is 0 Å². The van der Waals surface area contributed by atoms with Crippen LogP contribution in [-0.4, -0.2) is 31.1 Å². The summed E-state index contributed by atoms with van der Waals surface area (Å²) in [5.74, 6) is 0.613. The second kappa shape index (κ2) is 6.06. The van der Waals surface area contributed by atoms with Gasteiger partial charge in [-0.3, -0.25) is 4.90 Å². The first-order valence-corrected chi connectivity index (χ1v) is 8.23. The highest BCUT2D eigenvalue weighted by Gasteiger charge is 2.35. The van der Waals surface area contributed by atoms with Crippen molar-refractivity contribution in [3.8, 4) is 0 Å². The van der Waals surface area contributed by atoms with Crippen LogP contribution < -0.4 is 5.32 Å². The monoisotopic (exact) mass is 374 g/mol. The molecule has 2 nitrogen and oxygen atoms in total. The molecule has 0 bridgehead atoms. The Balaban J connectivity index is 1.90. The lowest BCUT2D eigenvalue weighted by Gasteiger charge is -2.43. The molecule has 1 aromatic rings. The van der Waals surface area contributed by atoms with Gasteiger partial charge in [0.2, 0.25) is 0 Å². The van der Waals surface area contributed by atoms with Crippen LogP contribution in [0.5, 0.6) is 0 Å². The highest BCUT2D eigenvalue weighted by Crippen LogP contribution is 2.42. The van der Waals surface area contributed by atoms with Gasteiger partial charge in [-0.25, -0.2) is 4.39 Å². The average molecular weight is 374 g/mol. The number of halogens is 2. The molecule has 0 aromatic heterocycles. The van der Waals surface area contributed by atoms with E-state index < -0.39 is 0 Å². The molecule has 0 amide bonds. The van der Waals surface area contributed by atoms with Crippen molar-refractivity contribution < 1.29 is 4.39 Å². The van der Waals surface area contributed by atoms with Gasteiger partial charge >= 0.3 is 0 Å². The summed E-state index contributed by atoms with van der Waals surface area (Å²) >= 11 is 2.28. The minimum atomic E-state index is -0.0316. The lowest BCUT2D eigenvalue weighted by molar-refractivity contribution is 0.0811. The summed E-state index contributed by atoms with van der Waals surface area (Å²) < 4.78 is 15.4. The van der Waals surface area contributed by atoms with Gasteiger partial charge in [0.05, 0.1) is 0 Å². The van der Waals surface area contributed by atoms with Crippen LogP contribution in [0.4, 0.5) is 4.39 Å². The lowest BCUT2D eigenvalue weighted by Crippen LogP contribution is -2.48. The largest absolute Gasteiger partial charge is 0.314 e. The van der Waals surface area contributed by atoms with Crippen molar-refractivity contribution in [3.05, 3.63) is 33.1 Å². The van der Waals surface area contributed by atoms with Gasteiger partial charge in [0.15, 0.2) is 0 Å². The molecule has 0 spiro atoms. The predicted octanol–water partition coefficient (Wildman–Crippen LogP) is 3.18. The number of benzene rings is 1. The van der Waals surface area contributed by atoms with Crippen molar-refractivity contribution in [2.75, 3.05) is 26.2 Å². The second-order valence-corrected chi connectivity index (χ2v) is 6.83. The van der Waals surface area contributed by atoms with Gasteiger partial charge in [-0.15, -0.1) is 0 Å². The number of rotatable bonds is 3. The smallest absolute Gasteiger partial charge is 0.128 e. The van der Waals surface area contributed by atoms with E-state index in [2.05, 4.69) is 32.8 Å². The Morgan fingerprint density at radius 3 is 2.63 bits per heavy atom. The van der Waals surface area contributed by atoms with E-state index in [9.17, 15) is 4.39 Å². The van der Waals surface area contributed by atoms with E-state index in [1.54, 1.807) is 6.07 Å². The van der Waals surface area contributed by atoms with Crippen LogP contribution in [0.1, 0.15) is 30.9 Å². The Morgan fingerprint density at radius 2 is 2.00 bits per heavy atom. The summed E-state index contributed by atoms with van der Waals surface area (Å²) in [6.45, 7) is 4.11.